The van der Waals surface area contributed by atoms with Crippen LogP contribution in [0.5, 0.6) is 17.4 Å². The van der Waals surface area contributed by atoms with Crippen LogP contribution in [0.15, 0.2) is 61.3 Å². The van der Waals surface area contributed by atoms with Crippen LogP contribution < -0.4 is 24.8 Å². The van der Waals surface area contributed by atoms with Gasteiger partial charge in [0.05, 0.1) is 32.7 Å². The minimum atomic E-state index is -0.740. The molecule has 4 aromatic rings. The van der Waals surface area contributed by atoms with E-state index in [-0.39, 0.29) is 30.3 Å². The number of carbonyl (C=O) groups is 2. The summed E-state index contributed by atoms with van der Waals surface area (Å²) in [6.45, 7) is 12.2. The Labute approximate surface area is 302 Å². The second-order valence-corrected chi connectivity index (χ2v) is 15.4. The summed E-state index contributed by atoms with van der Waals surface area (Å²) in [4.78, 5) is 40.8. The highest BCUT2D eigenvalue weighted by atomic mass is 35.5. The number of thiazole rings is 1. The number of fused-ring (bicyclic) bond motifs is 1. The second kappa shape index (κ2) is 14.5. The van der Waals surface area contributed by atoms with E-state index in [9.17, 15) is 9.59 Å². The van der Waals surface area contributed by atoms with E-state index in [1.807, 2.05) is 57.2 Å². The van der Waals surface area contributed by atoms with Gasteiger partial charge in [-0.15, -0.1) is 17.9 Å². The number of nitrogens with one attached hydrogen (secondary N) is 2. The van der Waals surface area contributed by atoms with E-state index in [1.54, 1.807) is 37.4 Å². The first-order chi connectivity index (χ1) is 23.9. The summed E-state index contributed by atoms with van der Waals surface area (Å²) in [7, 11) is 3.22. The molecule has 10 nitrogen and oxygen atoms in total. The van der Waals surface area contributed by atoms with Gasteiger partial charge in [-0.05, 0) is 66.6 Å². The van der Waals surface area contributed by atoms with Crippen LogP contribution >= 0.6 is 22.9 Å². The van der Waals surface area contributed by atoms with Crippen LogP contribution in [0, 0.1) is 11.3 Å². The molecular formula is C38H44ClN5O5S. The molecule has 0 unspecified atom stereocenters. The molecule has 0 radical (unpaired) electrons. The third-order valence-electron chi connectivity index (χ3n) is 9.36. The summed E-state index contributed by atoms with van der Waals surface area (Å²) in [6, 6.07) is 11.8. The molecule has 264 valence electrons. The molecule has 2 aliphatic rings. The predicted molar refractivity (Wildman–Crippen MR) is 198 cm³/mol. The minimum absolute atomic E-state index is 0.0157. The van der Waals surface area contributed by atoms with Gasteiger partial charge in [-0.2, -0.15) is 0 Å². The number of benzene rings is 2. The lowest BCUT2D eigenvalue weighted by molar-refractivity contribution is -0.140. The van der Waals surface area contributed by atoms with Crippen molar-refractivity contribution in [1.29, 1.82) is 0 Å². The molecule has 2 fully saturated rings. The second-order valence-electron chi connectivity index (χ2n) is 13.9. The zero-order chi connectivity index (χ0) is 35.7. The number of nitrogens with zero attached hydrogens (tertiary/aromatic N) is 3. The quantitative estimate of drug-likeness (QED) is 0.149. The Kier molecular flexibility index (Phi) is 10.3. The lowest BCUT2D eigenvalue weighted by Gasteiger charge is -2.35. The SMILES string of the molecule is C=C[C@@H]1C[C@H]1NC(=O)[C@@H]1C[C@@H](Oc2ncc(OC)c3ccc(Cl)cc23)CN1C(=O)[C@@H](Nc1nc(-c2ccc(OC)cc2)c(CC)s1)C(C)(C)C. The van der Waals surface area contributed by atoms with Crippen LogP contribution in [0.25, 0.3) is 22.0 Å². The Hall–Kier alpha value is -4.35. The monoisotopic (exact) mass is 717 g/mol. The number of anilines is 1. The molecule has 6 rings (SSSR count). The number of hydrogen-bond donors (Lipinski definition) is 2. The highest BCUT2D eigenvalue weighted by Gasteiger charge is 2.47. The van der Waals surface area contributed by atoms with Crippen molar-refractivity contribution in [2.75, 3.05) is 26.1 Å². The molecule has 1 saturated carbocycles. The van der Waals surface area contributed by atoms with Gasteiger partial charge in [0.25, 0.3) is 0 Å². The molecule has 3 heterocycles. The van der Waals surface area contributed by atoms with Crippen molar-refractivity contribution in [1.82, 2.24) is 20.2 Å². The standard InChI is InChI=1S/C38H44ClN5O5S/c1-8-21-16-28(21)41-34(45)29-18-25(49-35-27-17-23(39)12-15-26(27)30(48-7)19-40-35)20-44(29)36(46)33(38(3,4)5)43-37-42-32(31(9-2)50-37)22-10-13-24(47-6)14-11-22/h8,10-15,17,19,21,25,28-29,33H,1,9,16,18,20H2,2-7H3,(H,41,45)(H,42,43)/t21-,25-,28-,29+,33-/m1/s1. The van der Waals surface area contributed by atoms with Crippen LogP contribution in [0.4, 0.5) is 5.13 Å². The lowest BCUT2D eigenvalue weighted by Crippen LogP contribution is -2.54. The number of pyridine rings is 1. The molecule has 12 heteroatoms. The van der Waals surface area contributed by atoms with Crippen molar-refractivity contribution >= 4 is 50.7 Å². The molecule has 1 aliphatic heterocycles. The first-order valence-electron chi connectivity index (χ1n) is 16.9. The van der Waals surface area contributed by atoms with Crippen LogP contribution in [0.3, 0.4) is 0 Å². The maximum Gasteiger partial charge on any atom is 0.246 e. The smallest absolute Gasteiger partial charge is 0.246 e. The van der Waals surface area contributed by atoms with Crippen molar-refractivity contribution < 1.29 is 23.8 Å². The highest BCUT2D eigenvalue weighted by Crippen LogP contribution is 2.38. The molecule has 0 bridgehead atoms. The number of hydrogen-bond acceptors (Lipinski definition) is 9. The molecule has 1 saturated heterocycles. The number of ether oxygens (including phenoxy) is 3. The van der Waals surface area contributed by atoms with E-state index >= 15 is 0 Å². The molecule has 2 aromatic heterocycles. The number of aryl methyl sites for hydroxylation is 1. The van der Waals surface area contributed by atoms with Crippen molar-refractivity contribution in [2.45, 2.75) is 71.2 Å². The summed E-state index contributed by atoms with van der Waals surface area (Å²) >= 11 is 7.90. The van der Waals surface area contributed by atoms with Crippen LogP contribution in [-0.2, 0) is 16.0 Å². The zero-order valence-electron chi connectivity index (χ0n) is 29.3. The molecule has 50 heavy (non-hydrogen) atoms. The van der Waals surface area contributed by atoms with E-state index in [0.29, 0.717) is 33.6 Å². The van der Waals surface area contributed by atoms with E-state index in [0.717, 1.165) is 40.1 Å². The van der Waals surface area contributed by atoms with Crippen LogP contribution in [0.1, 0.15) is 45.4 Å². The third-order valence-corrected chi connectivity index (χ3v) is 10.7. The minimum Gasteiger partial charge on any atom is -0.497 e. The fourth-order valence-corrected chi connectivity index (χ4v) is 7.56. The van der Waals surface area contributed by atoms with E-state index in [1.165, 1.54) is 11.3 Å². The summed E-state index contributed by atoms with van der Waals surface area (Å²) < 4.78 is 17.4. The number of methoxy groups -OCH3 is 2. The normalized spacial score (nSPS) is 20.7. The number of halogens is 1. The predicted octanol–water partition coefficient (Wildman–Crippen LogP) is 7.16. The number of likely N-dealkylation sites (tertiary alicyclic amines) is 1. The van der Waals surface area contributed by atoms with Gasteiger partial charge in [-0.25, -0.2) is 9.97 Å². The maximum absolute atomic E-state index is 14.7. The first-order valence-corrected chi connectivity index (χ1v) is 18.1. The molecule has 5 atom stereocenters. The van der Waals surface area contributed by atoms with Gasteiger partial charge in [0.2, 0.25) is 17.7 Å². The fraction of sp³-hybridized carbons (Fsp3) is 0.421. The van der Waals surface area contributed by atoms with Gasteiger partial charge in [-0.1, -0.05) is 45.4 Å². The van der Waals surface area contributed by atoms with Crippen molar-refractivity contribution in [3.63, 3.8) is 0 Å². The van der Waals surface area contributed by atoms with E-state index in [2.05, 4.69) is 29.1 Å². The number of rotatable bonds is 12. The van der Waals surface area contributed by atoms with Crippen molar-refractivity contribution in [3.8, 4) is 28.6 Å². The van der Waals surface area contributed by atoms with Gasteiger partial charge >= 0.3 is 0 Å². The Bertz CT molecular complexity index is 1890. The average Bonchev–Trinajstić information content (AvgIpc) is 3.50. The van der Waals surface area contributed by atoms with Gasteiger partial charge in [0.1, 0.15) is 29.7 Å². The van der Waals surface area contributed by atoms with Gasteiger partial charge in [0, 0.05) is 38.7 Å². The van der Waals surface area contributed by atoms with E-state index in [4.69, 9.17) is 30.8 Å². The Morgan fingerprint density at radius 2 is 1.88 bits per heavy atom. The molecule has 0 spiro atoms. The van der Waals surface area contributed by atoms with Crippen molar-refractivity contribution in [3.05, 3.63) is 71.2 Å². The van der Waals surface area contributed by atoms with Gasteiger partial charge in [0.15, 0.2) is 5.13 Å². The number of carbonyl (C=O) groups excluding carboxylic acids is 2. The molecular weight excluding hydrogens is 674 g/mol. The largest absolute Gasteiger partial charge is 0.497 e. The summed E-state index contributed by atoms with van der Waals surface area (Å²) in [5.74, 6) is 1.56. The Morgan fingerprint density at radius 1 is 1.12 bits per heavy atom. The van der Waals surface area contributed by atoms with Crippen molar-refractivity contribution in [2.24, 2.45) is 11.3 Å². The number of amides is 2. The summed E-state index contributed by atoms with van der Waals surface area (Å²) in [5.41, 5.74) is 1.32. The molecule has 2 aromatic carbocycles. The van der Waals surface area contributed by atoms with E-state index < -0.39 is 23.6 Å². The fourth-order valence-electron chi connectivity index (χ4n) is 6.44. The highest BCUT2D eigenvalue weighted by molar-refractivity contribution is 7.16. The summed E-state index contributed by atoms with van der Waals surface area (Å²) in [6.07, 6.45) is 4.89. The lowest BCUT2D eigenvalue weighted by atomic mass is 9.85. The Morgan fingerprint density at radius 3 is 2.52 bits per heavy atom. The maximum atomic E-state index is 14.7. The molecule has 2 N–H and O–H groups in total. The van der Waals surface area contributed by atoms with Gasteiger partial charge in [-0.3, -0.25) is 9.59 Å². The van der Waals surface area contributed by atoms with Crippen LogP contribution in [-0.4, -0.2) is 71.7 Å². The first kappa shape index (κ1) is 35.5. The zero-order valence-corrected chi connectivity index (χ0v) is 30.9. The third kappa shape index (κ3) is 7.39. The topological polar surface area (TPSA) is 115 Å². The van der Waals surface area contributed by atoms with Crippen LogP contribution in [0.2, 0.25) is 5.02 Å². The Balaban J connectivity index is 1.29. The average molecular weight is 718 g/mol. The molecule has 2 amide bonds. The molecule has 1 aliphatic carbocycles. The summed E-state index contributed by atoms with van der Waals surface area (Å²) in [5, 5.41) is 9.29. The number of aromatic nitrogens is 2. The van der Waals surface area contributed by atoms with Gasteiger partial charge < -0.3 is 29.7 Å².